The van der Waals surface area contributed by atoms with Crippen LogP contribution in [0.3, 0.4) is 0 Å². The predicted octanol–water partition coefficient (Wildman–Crippen LogP) is 1.85. The normalized spacial score (nSPS) is 21.3. The van der Waals surface area contributed by atoms with Crippen LogP contribution in [0.5, 0.6) is 0 Å². The maximum Gasteiger partial charge on any atom is 0.269 e. The highest BCUT2D eigenvalue weighted by Crippen LogP contribution is 2.35. The van der Waals surface area contributed by atoms with Gasteiger partial charge in [-0.2, -0.15) is 0 Å². The summed E-state index contributed by atoms with van der Waals surface area (Å²) < 4.78 is 13.1. The topological polar surface area (TPSA) is 66.4 Å². The lowest BCUT2D eigenvalue weighted by Gasteiger charge is -2.31. The van der Waals surface area contributed by atoms with Crippen LogP contribution in [0.25, 0.3) is 0 Å². The first-order chi connectivity index (χ1) is 9.53. The Bertz CT molecular complexity index is 714. The molecule has 1 heterocycles. The molecular formula is C15H10FNO3. The molecule has 1 unspecified atom stereocenters. The van der Waals surface area contributed by atoms with E-state index in [1.807, 2.05) is 0 Å². The van der Waals surface area contributed by atoms with Crippen LogP contribution in [0.1, 0.15) is 15.9 Å². The fraction of sp³-hybridized carbons (Fsp3) is 0.0667. The second-order valence-electron chi connectivity index (χ2n) is 4.55. The monoisotopic (exact) mass is 271 g/mol. The predicted molar refractivity (Wildman–Crippen MR) is 69.7 cm³/mol. The number of amides is 1. The summed E-state index contributed by atoms with van der Waals surface area (Å²) in [6, 6.07) is 11.3. The van der Waals surface area contributed by atoms with Crippen LogP contribution in [-0.2, 0) is 10.4 Å². The smallest absolute Gasteiger partial charge is 0.269 e. The molecule has 20 heavy (non-hydrogen) atoms. The molecule has 0 saturated heterocycles. The first-order valence-electron chi connectivity index (χ1n) is 5.97. The van der Waals surface area contributed by atoms with Crippen LogP contribution in [-0.4, -0.2) is 16.8 Å². The summed E-state index contributed by atoms with van der Waals surface area (Å²) in [5.41, 5.74) is -1.96. The Morgan fingerprint density at radius 3 is 2.45 bits per heavy atom. The Kier molecular flexibility index (Phi) is 2.65. The number of Topliss-reactive ketones (excluding diaryl/α,β-unsaturated/α-hetero) is 1. The van der Waals surface area contributed by atoms with Crippen molar-refractivity contribution in [3.8, 4) is 0 Å². The lowest BCUT2D eigenvalue weighted by Crippen LogP contribution is -2.50. The van der Waals surface area contributed by atoms with Crippen molar-refractivity contribution in [3.05, 3.63) is 65.5 Å². The number of hydrogen-bond acceptors (Lipinski definition) is 3. The molecule has 0 fully saturated rings. The van der Waals surface area contributed by atoms with Gasteiger partial charge in [0.15, 0.2) is 0 Å². The maximum atomic E-state index is 13.1. The van der Waals surface area contributed by atoms with E-state index in [9.17, 15) is 19.1 Å². The molecule has 0 radical (unpaired) electrons. The molecule has 100 valence electrons. The van der Waals surface area contributed by atoms with Crippen LogP contribution < -0.4 is 5.32 Å². The molecule has 0 aliphatic carbocycles. The van der Waals surface area contributed by atoms with Gasteiger partial charge in [0.05, 0.1) is 5.69 Å². The van der Waals surface area contributed by atoms with Crippen molar-refractivity contribution in [2.24, 2.45) is 0 Å². The highest BCUT2D eigenvalue weighted by molar-refractivity contribution is 6.26. The Hall–Kier alpha value is -2.53. The molecule has 2 aromatic carbocycles. The number of rotatable bonds is 1. The van der Waals surface area contributed by atoms with Gasteiger partial charge in [0, 0.05) is 11.1 Å². The van der Waals surface area contributed by atoms with Crippen molar-refractivity contribution in [1.29, 1.82) is 0 Å². The number of benzene rings is 2. The third-order valence-electron chi connectivity index (χ3n) is 3.32. The van der Waals surface area contributed by atoms with Gasteiger partial charge < -0.3 is 10.4 Å². The number of nitrogens with one attached hydrogen (secondary N) is 1. The largest absolute Gasteiger partial charge is 0.369 e. The first kappa shape index (κ1) is 12.5. The Morgan fingerprint density at radius 1 is 1.05 bits per heavy atom. The molecule has 4 nitrogen and oxygen atoms in total. The second-order valence-corrected chi connectivity index (χ2v) is 4.55. The van der Waals surface area contributed by atoms with Gasteiger partial charge in [-0.1, -0.05) is 30.3 Å². The van der Waals surface area contributed by atoms with Crippen molar-refractivity contribution in [2.75, 3.05) is 5.32 Å². The molecule has 1 atom stereocenters. The van der Waals surface area contributed by atoms with E-state index in [2.05, 4.69) is 5.32 Å². The number of fused-ring (bicyclic) bond motifs is 1. The van der Waals surface area contributed by atoms with Gasteiger partial charge in [-0.25, -0.2) is 4.39 Å². The fourth-order valence-corrected chi connectivity index (χ4v) is 2.27. The summed E-state index contributed by atoms with van der Waals surface area (Å²) in [6.07, 6.45) is 0. The molecule has 1 aliphatic rings. The summed E-state index contributed by atoms with van der Waals surface area (Å²) >= 11 is 0. The summed E-state index contributed by atoms with van der Waals surface area (Å²) in [6.45, 7) is 0. The average Bonchev–Trinajstić information content (AvgIpc) is 2.45. The quantitative estimate of drug-likeness (QED) is 0.778. The molecule has 2 N–H and O–H groups in total. The molecule has 0 bridgehead atoms. The van der Waals surface area contributed by atoms with Crippen LogP contribution in [0.4, 0.5) is 10.1 Å². The van der Waals surface area contributed by atoms with Crippen LogP contribution in [0.15, 0.2) is 48.5 Å². The van der Waals surface area contributed by atoms with Crippen molar-refractivity contribution in [2.45, 2.75) is 5.60 Å². The van der Waals surface area contributed by atoms with Gasteiger partial charge in [-0.3, -0.25) is 9.59 Å². The van der Waals surface area contributed by atoms with E-state index in [-0.39, 0.29) is 16.8 Å². The fourth-order valence-electron chi connectivity index (χ4n) is 2.27. The summed E-state index contributed by atoms with van der Waals surface area (Å²) in [7, 11) is 0. The molecular weight excluding hydrogens is 261 g/mol. The number of carbonyl (C=O) groups excluding carboxylic acids is 2. The lowest BCUT2D eigenvalue weighted by molar-refractivity contribution is -0.130. The number of carbonyl (C=O) groups is 2. The van der Waals surface area contributed by atoms with E-state index in [4.69, 9.17) is 0 Å². The van der Waals surface area contributed by atoms with E-state index < -0.39 is 23.1 Å². The Labute approximate surface area is 113 Å². The summed E-state index contributed by atoms with van der Waals surface area (Å²) in [4.78, 5) is 24.5. The van der Waals surface area contributed by atoms with E-state index in [0.717, 1.165) is 12.1 Å². The lowest BCUT2D eigenvalue weighted by atomic mass is 9.82. The van der Waals surface area contributed by atoms with E-state index in [1.165, 1.54) is 18.2 Å². The zero-order valence-corrected chi connectivity index (χ0v) is 10.3. The van der Waals surface area contributed by atoms with Crippen molar-refractivity contribution in [3.63, 3.8) is 0 Å². The molecule has 0 spiro atoms. The van der Waals surface area contributed by atoms with Gasteiger partial charge in [0.25, 0.3) is 5.91 Å². The molecule has 2 aromatic rings. The van der Waals surface area contributed by atoms with Crippen LogP contribution in [0.2, 0.25) is 0 Å². The van der Waals surface area contributed by atoms with Gasteiger partial charge in [0.1, 0.15) is 5.82 Å². The van der Waals surface area contributed by atoms with Crippen LogP contribution >= 0.6 is 0 Å². The summed E-state index contributed by atoms with van der Waals surface area (Å²) in [5, 5.41) is 12.9. The second kappa shape index (κ2) is 4.25. The van der Waals surface area contributed by atoms with E-state index in [1.54, 1.807) is 18.2 Å². The minimum absolute atomic E-state index is 0.0700. The van der Waals surface area contributed by atoms with Gasteiger partial charge in [-0.05, 0) is 18.2 Å². The van der Waals surface area contributed by atoms with Gasteiger partial charge >= 0.3 is 0 Å². The third kappa shape index (κ3) is 1.64. The van der Waals surface area contributed by atoms with Crippen molar-refractivity contribution >= 4 is 17.4 Å². The highest BCUT2D eigenvalue weighted by atomic mass is 19.1. The third-order valence-corrected chi connectivity index (χ3v) is 3.32. The van der Waals surface area contributed by atoms with Crippen molar-refractivity contribution in [1.82, 2.24) is 0 Å². The first-order valence-corrected chi connectivity index (χ1v) is 5.97. The average molecular weight is 271 g/mol. The SMILES string of the molecule is O=C1Nc2cc(F)ccc2C(=O)C1(O)c1ccccc1. The standard InChI is InChI=1S/C15H10FNO3/c16-10-6-7-11-12(8-10)17-14(19)15(20,13(11)18)9-4-2-1-3-5-9/h1-8,20H,(H,17,19). The number of ketones is 1. The van der Waals surface area contributed by atoms with E-state index in [0.29, 0.717) is 0 Å². The Balaban J connectivity index is 2.18. The minimum atomic E-state index is -2.29. The zero-order valence-electron chi connectivity index (χ0n) is 10.3. The van der Waals surface area contributed by atoms with Crippen molar-refractivity contribution < 1.29 is 19.1 Å². The molecule has 1 amide bonds. The van der Waals surface area contributed by atoms with Crippen LogP contribution in [0, 0.1) is 5.82 Å². The van der Waals surface area contributed by atoms with Gasteiger partial charge in [0.2, 0.25) is 11.4 Å². The number of anilines is 1. The molecule has 3 rings (SSSR count). The Morgan fingerprint density at radius 2 is 1.75 bits per heavy atom. The molecule has 5 heteroatoms. The number of aliphatic hydroxyl groups is 1. The minimum Gasteiger partial charge on any atom is -0.369 e. The van der Waals surface area contributed by atoms with E-state index >= 15 is 0 Å². The maximum absolute atomic E-state index is 13.1. The number of hydrogen-bond donors (Lipinski definition) is 2. The molecule has 1 aliphatic heterocycles. The number of halogens is 1. The molecule has 0 saturated carbocycles. The summed E-state index contributed by atoms with van der Waals surface area (Å²) in [5.74, 6) is -2.21. The highest BCUT2D eigenvalue weighted by Gasteiger charge is 2.49. The molecule has 0 aromatic heterocycles. The zero-order chi connectivity index (χ0) is 14.3. The van der Waals surface area contributed by atoms with Gasteiger partial charge in [-0.15, -0.1) is 0 Å².